The first-order valence-corrected chi connectivity index (χ1v) is 8.70. The molecule has 6 nitrogen and oxygen atoms in total. The number of piperidine rings is 1. The van der Waals surface area contributed by atoms with Crippen LogP contribution >= 0.6 is 0 Å². The molecule has 0 radical (unpaired) electrons. The summed E-state index contributed by atoms with van der Waals surface area (Å²) in [5.41, 5.74) is 0.507. The van der Waals surface area contributed by atoms with Gasteiger partial charge in [-0.3, -0.25) is 0 Å². The second-order valence-corrected chi connectivity index (χ2v) is 6.76. The Morgan fingerprint density at radius 3 is 2.85 bits per heavy atom. The number of carbonyl (C=O) groups is 1. The number of ether oxygens (including phenoxy) is 1. The van der Waals surface area contributed by atoms with Crippen LogP contribution < -0.4 is 4.90 Å². The van der Waals surface area contributed by atoms with Gasteiger partial charge in [0.15, 0.2) is 0 Å². The zero-order valence-corrected chi connectivity index (χ0v) is 14.3. The van der Waals surface area contributed by atoms with Crippen LogP contribution in [0.3, 0.4) is 0 Å². The van der Waals surface area contributed by atoms with Gasteiger partial charge < -0.3 is 14.2 Å². The number of nitrogens with zero attached hydrogens (tertiary/aromatic N) is 3. The Hall–Kier alpha value is -2.51. The molecule has 2 aliphatic rings. The van der Waals surface area contributed by atoms with Crippen molar-refractivity contribution in [1.82, 2.24) is 10.1 Å². The number of aromatic nitrogens is 2. The monoisotopic (exact) mass is 363 g/mol. The molecule has 1 aliphatic heterocycles. The first-order chi connectivity index (χ1) is 12.5. The largest absolute Gasteiger partial charge is 0.460 e. The molecular formula is C18H19F2N3O3. The summed E-state index contributed by atoms with van der Waals surface area (Å²) in [4.78, 5) is 17.9. The van der Waals surface area contributed by atoms with Crippen molar-refractivity contribution in [2.75, 3.05) is 24.6 Å². The lowest BCUT2D eigenvalue weighted by molar-refractivity contribution is 0.0479. The molecule has 26 heavy (non-hydrogen) atoms. The summed E-state index contributed by atoms with van der Waals surface area (Å²) in [5, 5.41) is 3.77. The SMILES string of the molecule is CCOC(=O)c1cc(Cc2ccc(N3CC4CC4C3)nc2C(F)F)no1. The van der Waals surface area contributed by atoms with Crippen molar-refractivity contribution in [3.05, 3.63) is 40.9 Å². The predicted octanol–water partition coefficient (Wildman–Crippen LogP) is 3.23. The highest BCUT2D eigenvalue weighted by Crippen LogP contribution is 2.46. The highest BCUT2D eigenvalue weighted by Gasteiger charge is 2.45. The standard InChI is InChI=1S/C18H19F2N3O3/c1-2-25-18(24)14-7-13(22-26-14)6-10-3-4-15(21-16(10)17(19)20)23-8-11-5-12(11)9-23/h3-4,7,11-12,17H,2,5-6,8-9H2,1H3. The highest BCUT2D eigenvalue weighted by molar-refractivity contribution is 5.86. The third-order valence-electron chi connectivity index (χ3n) is 4.91. The van der Waals surface area contributed by atoms with Gasteiger partial charge in [0.1, 0.15) is 11.5 Å². The third-order valence-corrected chi connectivity index (χ3v) is 4.91. The van der Waals surface area contributed by atoms with Crippen LogP contribution in [0.1, 0.15) is 47.3 Å². The van der Waals surface area contributed by atoms with Gasteiger partial charge in [0.05, 0.1) is 12.3 Å². The van der Waals surface area contributed by atoms with Crippen LogP contribution in [0.15, 0.2) is 22.7 Å². The lowest BCUT2D eigenvalue weighted by atomic mass is 10.1. The van der Waals surface area contributed by atoms with Crippen molar-refractivity contribution in [2.24, 2.45) is 11.8 Å². The summed E-state index contributed by atoms with van der Waals surface area (Å²) >= 11 is 0. The van der Waals surface area contributed by atoms with E-state index in [0.717, 1.165) is 13.1 Å². The Labute approximate surface area is 149 Å². The maximum atomic E-state index is 13.5. The Morgan fingerprint density at radius 1 is 1.38 bits per heavy atom. The number of fused-ring (bicyclic) bond motifs is 1. The van der Waals surface area contributed by atoms with E-state index in [1.807, 2.05) is 0 Å². The lowest BCUT2D eigenvalue weighted by Gasteiger charge is -2.20. The summed E-state index contributed by atoms with van der Waals surface area (Å²) in [5.74, 6) is 1.33. The molecule has 1 saturated carbocycles. The van der Waals surface area contributed by atoms with Gasteiger partial charge in [0.25, 0.3) is 6.43 Å². The van der Waals surface area contributed by atoms with E-state index in [2.05, 4.69) is 15.0 Å². The van der Waals surface area contributed by atoms with E-state index in [4.69, 9.17) is 9.26 Å². The molecule has 2 fully saturated rings. The molecule has 2 unspecified atom stereocenters. The fourth-order valence-corrected chi connectivity index (χ4v) is 3.48. The number of alkyl halides is 2. The van der Waals surface area contributed by atoms with E-state index in [0.29, 0.717) is 28.9 Å². The molecule has 1 aliphatic carbocycles. The van der Waals surface area contributed by atoms with Crippen LogP contribution in [0.4, 0.5) is 14.6 Å². The minimum atomic E-state index is -2.68. The minimum Gasteiger partial charge on any atom is -0.460 e. The topological polar surface area (TPSA) is 68.5 Å². The normalized spacial score (nSPS) is 21.2. The molecule has 3 heterocycles. The number of anilines is 1. The third kappa shape index (κ3) is 3.27. The summed E-state index contributed by atoms with van der Waals surface area (Å²) < 4.78 is 36.8. The molecule has 138 valence electrons. The minimum absolute atomic E-state index is 0.0404. The van der Waals surface area contributed by atoms with E-state index < -0.39 is 12.4 Å². The van der Waals surface area contributed by atoms with Gasteiger partial charge in [-0.1, -0.05) is 11.2 Å². The molecule has 8 heteroatoms. The Morgan fingerprint density at radius 2 is 2.15 bits per heavy atom. The van der Waals surface area contributed by atoms with Crippen LogP contribution in [0, 0.1) is 11.8 Å². The number of hydrogen-bond donors (Lipinski definition) is 0. The lowest BCUT2D eigenvalue weighted by Crippen LogP contribution is -2.23. The maximum Gasteiger partial charge on any atom is 0.377 e. The molecule has 2 aromatic heterocycles. The second-order valence-electron chi connectivity index (χ2n) is 6.76. The van der Waals surface area contributed by atoms with Crippen LogP contribution in [0.2, 0.25) is 0 Å². The van der Waals surface area contributed by atoms with Crippen molar-refractivity contribution in [3.63, 3.8) is 0 Å². The fraction of sp³-hybridized carbons (Fsp3) is 0.500. The molecule has 0 amide bonds. The van der Waals surface area contributed by atoms with Gasteiger partial charge >= 0.3 is 5.97 Å². The van der Waals surface area contributed by atoms with Crippen molar-refractivity contribution in [2.45, 2.75) is 26.2 Å². The molecule has 0 N–H and O–H groups in total. The van der Waals surface area contributed by atoms with Crippen LogP contribution in [0.5, 0.6) is 0 Å². The fourth-order valence-electron chi connectivity index (χ4n) is 3.48. The van der Waals surface area contributed by atoms with Crippen LogP contribution in [-0.2, 0) is 11.2 Å². The number of rotatable bonds is 6. The first kappa shape index (κ1) is 16.9. The van der Waals surface area contributed by atoms with Gasteiger partial charge in [-0.15, -0.1) is 0 Å². The number of halogens is 2. The van der Waals surface area contributed by atoms with Crippen molar-refractivity contribution in [3.8, 4) is 0 Å². The van der Waals surface area contributed by atoms with Gasteiger partial charge in [-0.25, -0.2) is 18.6 Å². The molecule has 0 spiro atoms. The van der Waals surface area contributed by atoms with E-state index in [9.17, 15) is 13.6 Å². The van der Waals surface area contributed by atoms with Gasteiger partial charge in [-0.2, -0.15) is 0 Å². The van der Waals surface area contributed by atoms with Crippen molar-refractivity contribution >= 4 is 11.8 Å². The molecule has 0 bridgehead atoms. The predicted molar refractivity (Wildman–Crippen MR) is 88.3 cm³/mol. The smallest absolute Gasteiger partial charge is 0.377 e. The van der Waals surface area contributed by atoms with Gasteiger partial charge in [0.2, 0.25) is 5.76 Å². The number of hydrogen-bond acceptors (Lipinski definition) is 6. The quantitative estimate of drug-likeness (QED) is 0.734. The van der Waals surface area contributed by atoms with E-state index >= 15 is 0 Å². The molecule has 0 aromatic carbocycles. The van der Waals surface area contributed by atoms with E-state index in [1.165, 1.54) is 12.5 Å². The summed E-state index contributed by atoms with van der Waals surface area (Å²) in [7, 11) is 0. The number of carbonyl (C=O) groups excluding carboxylic acids is 1. The summed E-state index contributed by atoms with van der Waals surface area (Å²) in [6.45, 7) is 3.69. The number of pyridine rings is 1. The van der Waals surface area contributed by atoms with Crippen molar-refractivity contribution in [1.29, 1.82) is 0 Å². The van der Waals surface area contributed by atoms with E-state index in [1.54, 1.807) is 19.1 Å². The Kier molecular flexibility index (Phi) is 4.34. The molecule has 2 atom stereocenters. The Bertz CT molecular complexity index is 814. The average Bonchev–Trinajstić information content (AvgIpc) is 3.02. The second kappa shape index (κ2) is 6.66. The molecule has 1 saturated heterocycles. The van der Waals surface area contributed by atoms with Crippen molar-refractivity contribution < 1.29 is 22.8 Å². The summed E-state index contributed by atoms with van der Waals surface area (Å²) in [6, 6.07) is 4.85. The zero-order chi connectivity index (χ0) is 18.3. The van der Waals surface area contributed by atoms with Gasteiger partial charge in [0, 0.05) is 25.6 Å². The van der Waals surface area contributed by atoms with Crippen LogP contribution in [-0.4, -0.2) is 35.8 Å². The number of esters is 1. The Balaban J connectivity index is 1.53. The van der Waals surface area contributed by atoms with Crippen LogP contribution in [0.25, 0.3) is 0 Å². The first-order valence-electron chi connectivity index (χ1n) is 8.70. The van der Waals surface area contributed by atoms with E-state index in [-0.39, 0.29) is 24.5 Å². The molecule has 2 aromatic rings. The average molecular weight is 363 g/mol. The summed E-state index contributed by atoms with van der Waals surface area (Å²) in [6.07, 6.45) is -1.33. The molecular weight excluding hydrogens is 344 g/mol. The molecule has 4 rings (SSSR count). The maximum absolute atomic E-state index is 13.5. The highest BCUT2D eigenvalue weighted by atomic mass is 19.3. The zero-order valence-electron chi connectivity index (χ0n) is 14.3. The van der Waals surface area contributed by atoms with Gasteiger partial charge in [-0.05, 0) is 36.8 Å².